The number of carbonyl (C=O) groups excluding carboxylic acids is 1. The van der Waals surface area contributed by atoms with Gasteiger partial charge in [0.15, 0.2) is 0 Å². The normalized spacial score (nSPS) is 14.1. The minimum absolute atomic E-state index is 0.142. The molecule has 1 aromatic rings. The number of aromatic carboxylic acids is 1. The predicted octanol–water partition coefficient (Wildman–Crippen LogP) is 3.35. The Kier molecular flexibility index (Phi) is 4.50. The number of nitrogens with zero attached hydrogens (tertiary/aromatic N) is 1. The van der Waals surface area contributed by atoms with E-state index in [4.69, 9.17) is 5.11 Å². The Morgan fingerprint density at radius 2 is 2.05 bits per heavy atom. The van der Waals surface area contributed by atoms with E-state index in [1.54, 1.807) is 25.1 Å². The second kappa shape index (κ2) is 6.16. The molecule has 1 aromatic carbocycles. The lowest BCUT2D eigenvalue weighted by Crippen LogP contribution is -2.39. The highest BCUT2D eigenvalue weighted by Crippen LogP contribution is 2.29. The third-order valence-electron chi connectivity index (χ3n) is 3.62. The minimum Gasteiger partial charge on any atom is -0.478 e. The molecule has 2 N–H and O–H groups in total. The zero-order valence-electron chi connectivity index (χ0n) is 12.7. The molecule has 2 amide bonds. The van der Waals surface area contributed by atoms with Crippen molar-refractivity contribution in [2.45, 2.75) is 39.7 Å². The average molecular weight is 290 g/mol. The molecule has 1 saturated carbocycles. The standard InChI is InChI=1S/C16H22N2O3/c1-10(2)9-18(12-7-8-12)16(21)17-14-6-4-5-13(11(14)3)15(19)20/h4-6,10,12H,7-9H2,1-3H3,(H,17,21)(H,19,20). The van der Waals surface area contributed by atoms with Crippen molar-refractivity contribution >= 4 is 17.7 Å². The Labute approximate surface area is 125 Å². The van der Waals surface area contributed by atoms with E-state index in [9.17, 15) is 9.59 Å². The number of carboxylic acid groups (broad SMARTS) is 1. The minimum atomic E-state index is -0.982. The van der Waals surface area contributed by atoms with Gasteiger partial charge in [-0.15, -0.1) is 0 Å². The molecule has 0 aromatic heterocycles. The Morgan fingerprint density at radius 3 is 2.57 bits per heavy atom. The van der Waals surface area contributed by atoms with Gasteiger partial charge in [-0.05, 0) is 43.4 Å². The summed E-state index contributed by atoms with van der Waals surface area (Å²) in [4.78, 5) is 25.4. The van der Waals surface area contributed by atoms with Crippen molar-refractivity contribution in [1.82, 2.24) is 4.90 Å². The number of rotatable bonds is 5. The maximum absolute atomic E-state index is 12.4. The smallest absolute Gasteiger partial charge is 0.336 e. The predicted molar refractivity (Wildman–Crippen MR) is 81.7 cm³/mol. The second-order valence-corrected chi connectivity index (χ2v) is 5.99. The largest absolute Gasteiger partial charge is 0.478 e. The molecule has 0 atom stereocenters. The highest BCUT2D eigenvalue weighted by Gasteiger charge is 2.33. The van der Waals surface area contributed by atoms with E-state index in [2.05, 4.69) is 19.2 Å². The number of amides is 2. The van der Waals surface area contributed by atoms with E-state index in [0.29, 0.717) is 29.8 Å². The quantitative estimate of drug-likeness (QED) is 0.873. The molecule has 0 heterocycles. The van der Waals surface area contributed by atoms with Gasteiger partial charge in [-0.25, -0.2) is 9.59 Å². The van der Waals surface area contributed by atoms with Crippen LogP contribution in [-0.2, 0) is 0 Å². The van der Waals surface area contributed by atoms with E-state index in [1.807, 2.05) is 4.90 Å². The first kappa shape index (κ1) is 15.4. The number of nitrogens with one attached hydrogen (secondary N) is 1. The first-order valence-corrected chi connectivity index (χ1v) is 7.30. The lowest BCUT2D eigenvalue weighted by atomic mass is 10.1. The van der Waals surface area contributed by atoms with Gasteiger partial charge in [0.1, 0.15) is 0 Å². The van der Waals surface area contributed by atoms with Crippen LogP contribution in [0.3, 0.4) is 0 Å². The lowest BCUT2D eigenvalue weighted by molar-refractivity contribution is 0.0696. The molecular weight excluding hydrogens is 268 g/mol. The number of anilines is 1. The van der Waals surface area contributed by atoms with Crippen LogP contribution in [0.25, 0.3) is 0 Å². The van der Waals surface area contributed by atoms with Crippen LogP contribution in [0.5, 0.6) is 0 Å². The van der Waals surface area contributed by atoms with Crippen LogP contribution >= 0.6 is 0 Å². The van der Waals surface area contributed by atoms with Crippen LogP contribution in [0.2, 0.25) is 0 Å². The molecule has 1 aliphatic carbocycles. The van der Waals surface area contributed by atoms with Crippen molar-refractivity contribution in [3.8, 4) is 0 Å². The number of carbonyl (C=O) groups is 2. The maximum Gasteiger partial charge on any atom is 0.336 e. The highest BCUT2D eigenvalue weighted by atomic mass is 16.4. The van der Waals surface area contributed by atoms with Crippen LogP contribution in [-0.4, -0.2) is 34.6 Å². The van der Waals surface area contributed by atoms with Crippen LogP contribution in [0.1, 0.15) is 42.6 Å². The molecule has 1 aliphatic rings. The first-order chi connectivity index (χ1) is 9.90. The van der Waals surface area contributed by atoms with Gasteiger partial charge in [0.2, 0.25) is 0 Å². The Bertz CT molecular complexity index is 550. The number of carboxylic acids is 1. The molecule has 5 heteroatoms. The van der Waals surface area contributed by atoms with E-state index in [0.717, 1.165) is 12.8 Å². The first-order valence-electron chi connectivity index (χ1n) is 7.30. The fraction of sp³-hybridized carbons (Fsp3) is 0.500. The molecule has 0 spiro atoms. The van der Waals surface area contributed by atoms with E-state index < -0.39 is 5.97 Å². The van der Waals surface area contributed by atoms with Gasteiger partial charge in [-0.2, -0.15) is 0 Å². The van der Waals surface area contributed by atoms with Crippen molar-refractivity contribution in [3.05, 3.63) is 29.3 Å². The summed E-state index contributed by atoms with van der Waals surface area (Å²) in [5.41, 5.74) is 1.36. The maximum atomic E-state index is 12.4. The molecule has 0 bridgehead atoms. The summed E-state index contributed by atoms with van der Waals surface area (Å²) in [6.07, 6.45) is 2.10. The summed E-state index contributed by atoms with van der Waals surface area (Å²) in [6, 6.07) is 5.11. The fourth-order valence-electron chi connectivity index (χ4n) is 2.37. The summed E-state index contributed by atoms with van der Waals surface area (Å²) in [5, 5.41) is 12.0. The summed E-state index contributed by atoms with van der Waals surface area (Å²) < 4.78 is 0. The number of hydrogen-bond donors (Lipinski definition) is 2. The monoisotopic (exact) mass is 290 g/mol. The highest BCUT2D eigenvalue weighted by molar-refractivity contribution is 5.95. The molecule has 114 valence electrons. The molecule has 21 heavy (non-hydrogen) atoms. The van der Waals surface area contributed by atoms with Gasteiger partial charge in [0.05, 0.1) is 5.56 Å². The van der Waals surface area contributed by atoms with E-state index in [1.165, 1.54) is 0 Å². The van der Waals surface area contributed by atoms with Gasteiger partial charge >= 0.3 is 12.0 Å². The number of benzene rings is 1. The average Bonchev–Trinajstić information content (AvgIpc) is 3.22. The van der Waals surface area contributed by atoms with Crippen LogP contribution < -0.4 is 5.32 Å². The van der Waals surface area contributed by atoms with Crippen molar-refractivity contribution < 1.29 is 14.7 Å². The van der Waals surface area contributed by atoms with Crippen molar-refractivity contribution in [2.75, 3.05) is 11.9 Å². The van der Waals surface area contributed by atoms with Crippen molar-refractivity contribution in [3.63, 3.8) is 0 Å². The van der Waals surface area contributed by atoms with Crippen molar-refractivity contribution in [2.24, 2.45) is 5.92 Å². The molecule has 5 nitrogen and oxygen atoms in total. The summed E-state index contributed by atoms with van der Waals surface area (Å²) in [5.74, 6) is -0.576. The summed E-state index contributed by atoms with van der Waals surface area (Å²) in [7, 11) is 0. The van der Waals surface area contributed by atoms with E-state index >= 15 is 0 Å². The molecule has 0 unspecified atom stereocenters. The number of hydrogen-bond acceptors (Lipinski definition) is 2. The zero-order valence-corrected chi connectivity index (χ0v) is 12.7. The van der Waals surface area contributed by atoms with Crippen LogP contribution in [0, 0.1) is 12.8 Å². The summed E-state index contributed by atoms with van der Waals surface area (Å²) in [6.45, 7) is 6.59. The third kappa shape index (κ3) is 3.74. The van der Waals surface area contributed by atoms with Gasteiger partial charge in [-0.1, -0.05) is 19.9 Å². The molecule has 0 saturated heterocycles. The zero-order chi connectivity index (χ0) is 15.6. The molecule has 1 fully saturated rings. The van der Waals surface area contributed by atoms with Gasteiger partial charge in [0, 0.05) is 18.3 Å². The summed E-state index contributed by atoms with van der Waals surface area (Å²) >= 11 is 0. The SMILES string of the molecule is Cc1c(NC(=O)N(CC(C)C)C2CC2)cccc1C(=O)O. The van der Waals surface area contributed by atoms with Crippen molar-refractivity contribution in [1.29, 1.82) is 0 Å². The molecule has 0 aliphatic heterocycles. The van der Waals surface area contributed by atoms with Gasteiger partial charge in [0.25, 0.3) is 0 Å². The van der Waals surface area contributed by atoms with Gasteiger partial charge in [-0.3, -0.25) is 0 Å². The topological polar surface area (TPSA) is 69.6 Å². The Balaban J connectivity index is 2.15. The second-order valence-electron chi connectivity index (χ2n) is 5.99. The van der Waals surface area contributed by atoms with Gasteiger partial charge < -0.3 is 15.3 Å². The molecule has 2 rings (SSSR count). The van der Waals surface area contributed by atoms with Crippen LogP contribution in [0.4, 0.5) is 10.5 Å². The number of urea groups is 1. The Morgan fingerprint density at radius 1 is 1.38 bits per heavy atom. The van der Waals surface area contributed by atoms with Crippen LogP contribution in [0.15, 0.2) is 18.2 Å². The molecular formula is C16H22N2O3. The Hall–Kier alpha value is -2.04. The fourth-order valence-corrected chi connectivity index (χ4v) is 2.37. The van der Waals surface area contributed by atoms with E-state index in [-0.39, 0.29) is 11.6 Å². The lowest BCUT2D eigenvalue weighted by Gasteiger charge is -2.25. The molecule has 0 radical (unpaired) electrons. The third-order valence-corrected chi connectivity index (χ3v) is 3.62.